The molecular weight excluding hydrogens is 348 g/mol. The summed E-state index contributed by atoms with van der Waals surface area (Å²) in [5.74, 6) is -0.347. The van der Waals surface area contributed by atoms with Gasteiger partial charge in [-0.05, 0) is 54.4 Å². The molecule has 1 aromatic carbocycles. The molecule has 120 valence electrons. The number of anilines is 1. The first kappa shape index (κ1) is 17.0. The molecule has 1 N–H and O–H groups in total. The molecule has 1 fully saturated rings. The number of halogens is 1. The Labute approximate surface area is 139 Å². The topological polar surface area (TPSA) is 58.6 Å². The minimum atomic E-state index is -0.154. The average molecular weight is 369 g/mol. The third-order valence-electron chi connectivity index (χ3n) is 3.64. The number of nitrogens with one attached hydrogen (secondary N) is 1. The van der Waals surface area contributed by atoms with Crippen molar-refractivity contribution in [1.29, 1.82) is 0 Å². The molecule has 2 rings (SSSR count). The summed E-state index contributed by atoms with van der Waals surface area (Å²) in [5, 5.41) is 2.88. The largest absolute Gasteiger partial charge is 0.466 e. The van der Waals surface area contributed by atoms with Gasteiger partial charge >= 0.3 is 5.97 Å². The van der Waals surface area contributed by atoms with Gasteiger partial charge in [0.05, 0.1) is 24.8 Å². The SMILES string of the molecule is CCOC(=O)C1CCCN(CC(=O)Nc2ccccc2Br)C1. The number of rotatable bonds is 5. The lowest BCUT2D eigenvalue weighted by Crippen LogP contribution is -2.43. The van der Waals surface area contributed by atoms with Crippen molar-refractivity contribution < 1.29 is 14.3 Å². The number of benzene rings is 1. The molecular formula is C16H21BrN2O3. The summed E-state index contributed by atoms with van der Waals surface area (Å²) in [6.07, 6.45) is 1.74. The lowest BCUT2D eigenvalue weighted by atomic mass is 9.98. The quantitative estimate of drug-likeness (QED) is 0.811. The van der Waals surface area contributed by atoms with Crippen molar-refractivity contribution in [2.45, 2.75) is 19.8 Å². The van der Waals surface area contributed by atoms with Gasteiger partial charge in [0, 0.05) is 11.0 Å². The second-order valence-electron chi connectivity index (χ2n) is 5.35. The Morgan fingerprint density at radius 3 is 2.91 bits per heavy atom. The Kier molecular flexibility index (Phi) is 6.39. The number of carbonyl (C=O) groups excluding carboxylic acids is 2. The molecule has 1 aliphatic rings. The van der Waals surface area contributed by atoms with Crippen molar-refractivity contribution in [2.24, 2.45) is 5.92 Å². The molecule has 22 heavy (non-hydrogen) atoms. The molecule has 0 saturated carbocycles. The van der Waals surface area contributed by atoms with E-state index in [0.717, 1.165) is 29.5 Å². The van der Waals surface area contributed by atoms with Gasteiger partial charge in [0.1, 0.15) is 0 Å². The number of esters is 1. The molecule has 5 nitrogen and oxygen atoms in total. The fourth-order valence-electron chi connectivity index (χ4n) is 2.61. The van der Waals surface area contributed by atoms with Gasteiger partial charge in [-0.3, -0.25) is 14.5 Å². The Balaban J connectivity index is 1.86. The minimum absolute atomic E-state index is 0.0728. The lowest BCUT2D eigenvalue weighted by molar-refractivity contribution is -0.150. The Morgan fingerprint density at radius 1 is 1.41 bits per heavy atom. The number of nitrogens with zero attached hydrogens (tertiary/aromatic N) is 1. The highest BCUT2D eigenvalue weighted by Gasteiger charge is 2.27. The van der Waals surface area contributed by atoms with Crippen LogP contribution in [-0.2, 0) is 14.3 Å². The predicted octanol–water partition coefficient (Wildman–Crippen LogP) is 2.66. The Bertz CT molecular complexity index is 536. The van der Waals surface area contributed by atoms with Crippen LogP contribution in [0.15, 0.2) is 28.7 Å². The highest BCUT2D eigenvalue weighted by molar-refractivity contribution is 9.10. The van der Waals surface area contributed by atoms with Crippen molar-refractivity contribution >= 4 is 33.5 Å². The Morgan fingerprint density at radius 2 is 2.18 bits per heavy atom. The average Bonchev–Trinajstić information content (AvgIpc) is 2.50. The fraction of sp³-hybridized carbons (Fsp3) is 0.500. The molecule has 1 aliphatic heterocycles. The van der Waals surface area contributed by atoms with Gasteiger partial charge in [-0.15, -0.1) is 0 Å². The first-order valence-corrected chi connectivity index (χ1v) is 8.32. The van der Waals surface area contributed by atoms with Gasteiger partial charge in [0.2, 0.25) is 5.91 Å². The van der Waals surface area contributed by atoms with E-state index in [4.69, 9.17) is 4.74 Å². The van der Waals surface area contributed by atoms with Crippen molar-refractivity contribution in [1.82, 2.24) is 4.90 Å². The molecule has 1 saturated heterocycles. The number of piperidine rings is 1. The maximum absolute atomic E-state index is 12.1. The van der Waals surface area contributed by atoms with Gasteiger partial charge in [-0.1, -0.05) is 12.1 Å². The molecule has 0 aromatic heterocycles. The van der Waals surface area contributed by atoms with E-state index in [1.54, 1.807) is 0 Å². The summed E-state index contributed by atoms with van der Waals surface area (Å²) in [6, 6.07) is 7.50. The molecule has 0 bridgehead atoms. The number of amides is 1. The number of hydrogen-bond acceptors (Lipinski definition) is 4. The fourth-order valence-corrected chi connectivity index (χ4v) is 2.99. The first-order valence-electron chi connectivity index (χ1n) is 7.53. The molecule has 0 radical (unpaired) electrons. The van der Waals surface area contributed by atoms with E-state index in [2.05, 4.69) is 21.2 Å². The highest BCUT2D eigenvalue weighted by atomic mass is 79.9. The van der Waals surface area contributed by atoms with E-state index in [-0.39, 0.29) is 24.3 Å². The van der Waals surface area contributed by atoms with Crippen LogP contribution >= 0.6 is 15.9 Å². The van der Waals surface area contributed by atoms with Gasteiger partial charge in [0.15, 0.2) is 0 Å². The molecule has 1 heterocycles. The van der Waals surface area contributed by atoms with Crippen molar-refractivity contribution in [3.05, 3.63) is 28.7 Å². The zero-order chi connectivity index (χ0) is 15.9. The number of carbonyl (C=O) groups is 2. The third-order valence-corrected chi connectivity index (χ3v) is 4.33. The van der Waals surface area contributed by atoms with Crippen LogP contribution < -0.4 is 5.32 Å². The second kappa shape index (κ2) is 8.29. The molecule has 0 spiro atoms. The maximum Gasteiger partial charge on any atom is 0.310 e. The van der Waals surface area contributed by atoms with Crippen molar-refractivity contribution in [2.75, 3.05) is 31.6 Å². The van der Waals surface area contributed by atoms with E-state index in [1.165, 1.54) is 0 Å². The van der Waals surface area contributed by atoms with Crippen LogP contribution in [-0.4, -0.2) is 43.0 Å². The van der Waals surface area contributed by atoms with Crippen LogP contribution in [0.2, 0.25) is 0 Å². The maximum atomic E-state index is 12.1. The van der Waals surface area contributed by atoms with E-state index in [1.807, 2.05) is 36.1 Å². The summed E-state index contributed by atoms with van der Waals surface area (Å²) < 4.78 is 5.93. The predicted molar refractivity (Wildman–Crippen MR) is 88.6 cm³/mol. The van der Waals surface area contributed by atoms with Crippen LogP contribution in [0.4, 0.5) is 5.69 Å². The zero-order valence-corrected chi connectivity index (χ0v) is 14.3. The van der Waals surface area contributed by atoms with E-state index < -0.39 is 0 Å². The van der Waals surface area contributed by atoms with Crippen LogP contribution in [0.25, 0.3) is 0 Å². The standard InChI is InChI=1S/C16H21BrN2O3/c1-2-22-16(21)12-6-5-9-19(10-12)11-15(20)18-14-8-4-3-7-13(14)17/h3-4,7-8,12H,2,5-6,9-11H2,1H3,(H,18,20). The van der Waals surface area contributed by atoms with Crippen molar-refractivity contribution in [3.8, 4) is 0 Å². The van der Waals surface area contributed by atoms with Crippen LogP contribution in [0.5, 0.6) is 0 Å². The third kappa shape index (κ3) is 4.81. The Hall–Kier alpha value is -1.40. The second-order valence-corrected chi connectivity index (χ2v) is 6.21. The first-order chi connectivity index (χ1) is 10.6. The molecule has 0 aliphatic carbocycles. The monoisotopic (exact) mass is 368 g/mol. The van der Waals surface area contributed by atoms with Crippen LogP contribution in [0.1, 0.15) is 19.8 Å². The smallest absolute Gasteiger partial charge is 0.310 e. The summed E-state index contributed by atoms with van der Waals surface area (Å²) in [4.78, 5) is 26.0. The zero-order valence-electron chi connectivity index (χ0n) is 12.7. The molecule has 1 atom stereocenters. The van der Waals surface area contributed by atoms with Gasteiger partial charge < -0.3 is 10.1 Å². The van der Waals surface area contributed by atoms with Crippen molar-refractivity contribution in [3.63, 3.8) is 0 Å². The molecule has 6 heteroatoms. The van der Waals surface area contributed by atoms with E-state index in [0.29, 0.717) is 13.2 Å². The molecule has 1 aromatic rings. The summed E-state index contributed by atoms with van der Waals surface area (Å²) in [6.45, 7) is 3.92. The number of likely N-dealkylation sites (tertiary alicyclic amines) is 1. The summed E-state index contributed by atoms with van der Waals surface area (Å²) in [5.41, 5.74) is 0.756. The lowest BCUT2D eigenvalue weighted by Gasteiger charge is -2.30. The summed E-state index contributed by atoms with van der Waals surface area (Å²) >= 11 is 3.41. The number of ether oxygens (including phenoxy) is 1. The molecule has 1 unspecified atom stereocenters. The molecule has 1 amide bonds. The normalized spacial score (nSPS) is 18.7. The van der Waals surface area contributed by atoms with Gasteiger partial charge in [-0.25, -0.2) is 0 Å². The van der Waals surface area contributed by atoms with E-state index >= 15 is 0 Å². The van der Waals surface area contributed by atoms with Crippen LogP contribution in [0.3, 0.4) is 0 Å². The summed E-state index contributed by atoms with van der Waals surface area (Å²) in [7, 11) is 0. The highest BCUT2D eigenvalue weighted by Crippen LogP contribution is 2.22. The number of hydrogen-bond donors (Lipinski definition) is 1. The van der Waals surface area contributed by atoms with Gasteiger partial charge in [0.25, 0.3) is 0 Å². The van der Waals surface area contributed by atoms with Crippen LogP contribution in [0, 0.1) is 5.92 Å². The van der Waals surface area contributed by atoms with Gasteiger partial charge in [-0.2, -0.15) is 0 Å². The van der Waals surface area contributed by atoms with E-state index in [9.17, 15) is 9.59 Å². The minimum Gasteiger partial charge on any atom is -0.466 e. The number of para-hydroxylation sites is 1.